The minimum Gasteiger partial charge on any atom is -0.480 e. The van der Waals surface area contributed by atoms with Crippen molar-refractivity contribution in [2.45, 2.75) is 19.0 Å². The molecule has 1 unspecified atom stereocenters. The van der Waals surface area contributed by atoms with E-state index in [0.29, 0.717) is 18.8 Å². The van der Waals surface area contributed by atoms with E-state index in [1.54, 1.807) is 10.9 Å². The molecule has 2 rings (SSSR count). The Morgan fingerprint density at radius 1 is 1.48 bits per heavy atom. The van der Waals surface area contributed by atoms with Crippen LogP contribution in [0.4, 0.5) is 4.79 Å². The third-order valence-electron chi connectivity index (χ3n) is 2.68. The monoisotopic (exact) mass is 293 g/mol. The number of nitrogens with one attached hydrogen (secondary N) is 3. The summed E-state index contributed by atoms with van der Waals surface area (Å²) in [4.78, 5) is 29.4. The molecule has 0 bridgehead atoms. The van der Waals surface area contributed by atoms with E-state index < -0.39 is 18.0 Å². The lowest BCUT2D eigenvalue weighted by atomic mass is 10.2. The van der Waals surface area contributed by atoms with Crippen molar-refractivity contribution in [3.63, 3.8) is 0 Å². The number of carbonyl (C=O) groups excluding carboxylic acids is 1. The van der Waals surface area contributed by atoms with Crippen LogP contribution in [0.25, 0.3) is 0 Å². The minimum absolute atomic E-state index is 0.131. The van der Waals surface area contributed by atoms with Gasteiger partial charge in [0.1, 0.15) is 6.04 Å². The van der Waals surface area contributed by atoms with Crippen LogP contribution in [0.15, 0.2) is 24.9 Å². The molecule has 1 atom stereocenters. The van der Waals surface area contributed by atoms with Crippen molar-refractivity contribution in [1.82, 2.24) is 35.6 Å². The van der Waals surface area contributed by atoms with Crippen LogP contribution in [0.3, 0.4) is 0 Å². The summed E-state index contributed by atoms with van der Waals surface area (Å²) in [6.45, 7) is 0.761. The summed E-state index contributed by atoms with van der Waals surface area (Å²) >= 11 is 0. The van der Waals surface area contributed by atoms with E-state index in [1.807, 2.05) is 0 Å². The van der Waals surface area contributed by atoms with Crippen LogP contribution < -0.4 is 10.6 Å². The number of carboxylic acids is 1. The molecule has 10 nitrogen and oxygen atoms in total. The highest BCUT2D eigenvalue weighted by molar-refractivity contribution is 5.82. The first-order valence-electron chi connectivity index (χ1n) is 6.23. The predicted octanol–water partition coefficient (Wildman–Crippen LogP) is -1.00. The fourth-order valence-corrected chi connectivity index (χ4v) is 1.66. The highest BCUT2D eigenvalue weighted by Crippen LogP contribution is 1.98. The number of H-pyrrole nitrogens is 1. The normalized spacial score (nSPS) is 11.8. The molecule has 0 aliphatic heterocycles. The van der Waals surface area contributed by atoms with Crippen molar-refractivity contribution in [2.75, 3.05) is 6.54 Å². The van der Waals surface area contributed by atoms with Gasteiger partial charge in [0.05, 0.1) is 19.1 Å². The Morgan fingerprint density at radius 3 is 2.95 bits per heavy atom. The molecule has 2 heterocycles. The van der Waals surface area contributed by atoms with Crippen LogP contribution in [0.5, 0.6) is 0 Å². The molecule has 2 amide bonds. The molecule has 21 heavy (non-hydrogen) atoms. The maximum atomic E-state index is 11.7. The summed E-state index contributed by atoms with van der Waals surface area (Å²) in [7, 11) is 0. The van der Waals surface area contributed by atoms with Gasteiger partial charge in [-0.15, -0.1) is 5.10 Å². The lowest BCUT2D eigenvalue weighted by molar-refractivity contribution is -0.139. The van der Waals surface area contributed by atoms with Crippen LogP contribution in [0, 0.1) is 0 Å². The molecule has 0 spiro atoms. The summed E-state index contributed by atoms with van der Waals surface area (Å²) in [5.74, 6) is -1.11. The predicted molar refractivity (Wildman–Crippen MR) is 70.3 cm³/mol. The zero-order chi connectivity index (χ0) is 15.1. The number of hydrogen-bond acceptors (Lipinski definition) is 5. The Hall–Kier alpha value is -2.91. The Morgan fingerprint density at radius 2 is 2.33 bits per heavy atom. The van der Waals surface area contributed by atoms with Crippen LogP contribution in [-0.4, -0.2) is 54.7 Å². The van der Waals surface area contributed by atoms with Crippen molar-refractivity contribution in [3.05, 3.63) is 30.6 Å². The summed E-state index contributed by atoms with van der Waals surface area (Å²) < 4.78 is 1.56. The lowest BCUT2D eigenvalue weighted by Crippen LogP contribution is -2.47. The molecule has 0 saturated carbocycles. The number of aromatic nitrogens is 5. The van der Waals surface area contributed by atoms with Gasteiger partial charge in [0.25, 0.3) is 0 Å². The van der Waals surface area contributed by atoms with Gasteiger partial charge < -0.3 is 20.7 Å². The topological polar surface area (TPSA) is 138 Å². The molecule has 2 aromatic rings. The van der Waals surface area contributed by atoms with Crippen molar-refractivity contribution in [2.24, 2.45) is 0 Å². The van der Waals surface area contributed by atoms with Crippen LogP contribution in [0.1, 0.15) is 5.69 Å². The molecule has 0 fully saturated rings. The second-order valence-electron chi connectivity index (χ2n) is 4.24. The van der Waals surface area contributed by atoms with Crippen LogP contribution >= 0.6 is 0 Å². The zero-order valence-electron chi connectivity index (χ0n) is 11.1. The van der Waals surface area contributed by atoms with E-state index in [9.17, 15) is 9.59 Å². The smallest absolute Gasteiger partial charge is 0.326 e. The molecule has 0 aliphatic rings. The van der Waals surface area contributed by atoms with Gasteiger partial charge in [-0.05, 0) is 0 Å². The number of hydrogen-bond donors (Lipinski definition) is 4. The fraction of sp³-hybridized carbons (Fsp3) is 0.364. The van der Waals surface area contributed by atoms with Gasteiger partial charge in [0.15, 0.2) is 0 Å². The minimum atomic E-state index is -1.11. The standard InChI is InChI=1S/C11H15N7O3/c19-10(20)9(5-8-6-12-7-14-8)16-11(21)13-1-3-18-4-2-15-17-18/h2,4,6-7,9H,1,3,5H2,(H,12,14)(H,19,20)(H2,13,16,21). The third-order valence-corrected chi connectivity index (χ3v) is 2.68. The SMILES string of the molecule is O=C(NCCn1ccnn1)NC(Cc1cnc[nH]1)C(=O)O. The molecular formula is C11H15N7O3. The van der Waals surface area contributed by atoms with Crippen molar-refractivity contribution < 1.29 is 14.7 Å². The molecule has 0 radical (unpaired) electrons. The van der Waals surface area contributed by atoms with Gasteiger partial charge in [-0.25, -0.2) is 14.6 Å². The summed E-state index contributed by atoms with van der Waals surface area (Å²) in [5, 5.41) is 21.4. The van der Waals surface area contributed by atoms with Crippen molar-refractivity contribution >= 4 is 12.0 Å². The van der Waals surface area contributed by atoms with Gasteiger partial charge >= 0.3 is 12.0 Å². The van der Waals surface area contributed by atoms with Gasteiger partial charge in [-0.1, -0.05) is 5.21 Å². The van der Waals surface area contributed by atoms with E-state index in [2.05, 4.69) is 30.9 Å². The summed E-state index contributed by atoms with van der Waals surface area (Å²) in [6, 6.07) is -1.58. The second-order valence-corrected chi connectivity index (χ2v) is 4.24. The van der Waals surface area contributed by atoms with Gasteiger partial charge in [0, 0.05) is 31.1 Å². The molecule has 4 N–H and O–H groups in total. The number of amides is 2. The van der Waals surface area contributed by atoms with Crippen LogP contribution in [0.2, 0.25) is 0 Å². The summed E-state index contributed by atoms with van der Waals surface area (Å²) in [6.07, 6.45) is 6.29. The van der Waals surface area contributed by atoms with E-state index in [-0.39, 0.29) is 6.42 Å². The number of aromatic amines is 1. The highest BCUT2D eigenvalue weighted by Gasteiger charge is 2.20. The Labute approximate surface area is 119 Å². The maximum absolute atomic E-state index is 11.7. The Bertz CT molecular complexity index is 567. The quantitative estimate of drug-likeness (QED) is 0.516. The van der Waals surface area contributed by atoms with E-state index in [4.69, 9.17) is 5.11 Å². The first kappa shape index (κ1) is 14.5. The van der Waals surface area contributed by atoms with E-state index in [0.717, 1.165) is 0 Å². The van der Waals surface area contributed by atoms with Crippen molar-refractivity contribution in [1.29, 1.82) is 0 Å². The number of carbonyl (C=O) groups is 2. The number of urea groups is 1. The first-order chi connectivity index (χ1) is 10.1. The Kier molecular flexibility index (Phi) is 4.85. The average molecular weight is 293 g/mol. The fourth-order valence-electron chi connectivity index (χ4n) is 1.66. The molecule has 2 aromatic heterocycles. The highest BCUT2D eigenvalue weighted by atomic mass is 16.4. The molecule has 112 valence electrons. The van der Waals surface area contributed by atoms with Gasteiger partial charge in [-0.3, -0.25) is 4.68 Å². The number of imidazole rings is 1. The van der Waals surface area contributed by atoms with Crippen molar-refractivity contribution in [3.8, 4) is 0 Å². The number of nitrogens with zero attached hydrogens (tertiary/aromatic N) is 4. The lowest BCUT2D eigenvalue weighted by Gasteiger charge is -2.14. The third kappa shape index (κ3) is 4.60. The molecule has 0 saturated heterocycles. The Balaban J connectivity index is 1.76. The average Bonchev–Trinajstić information content (AvgIpc) is 3.10. The maximum Gasteiger partial charge on any atom is 0.326 e. The number of carboxylic acid groups (broad SMARTS) is 1. The van der Waals surface area contributed by atoms with E-state index >= 15 is 0 Å². The molecule has 0 aliphatic carbocycles. The molecule has 10 heteroatoms. The largest absolute Gasteiger partial charge is 0.480 e. The molecule has 0 aromatic carbocycles. The van der Waals surface area contributed by atoms with Gasteiger partial charge in [0.2, 0.25) is 0 Å². The number of aliphatic carboxylic acids is 1. The molecular weight excluding hydrogens is 278 g/mol. The summed E-state index contributed by atoms with van der Waals surface area (Å²) in [5.41, 5.74) is 0.630. The van der Waals surface area contributed by atoms with Gasteiger partial charge in [-0.2, -0.15) is 0 Å². The van der Waals surface area contributed by atoms with E-state index in [1.165, 1.54) is 18.7 Å². The van der Waals surface area contributed by atoms with Crippen LogP contribution in [-0.2, 0) is 17.8 Å². The zero-order valence-corrected chi connectivity index (χ0v) is 11.1. The number of rotatable bonds is 7. The second kappa shape index (κ2) is 7.03. The first-order valence-corrected chi connectivity index (χ1v) is 6.23.